The summed E-state index contributed by atoms with van der Waals surface area (Å²) in [5.74, 6) is 0. The van der Waals surface area contributed by atoms with Crippen molar-refractivity contribution in [3.05, 3.63) is 29.0 Å². The molecule has 16 heavy (non-hydrogen) atoms. The molecule has 1 fully saturated rings. The monoisotopic (exact) mass is 231 g/mol. The molecule has 1 aliphatic carbocycles. The quantitative estimate of drug-likeness (QED) is 0.707. The maximum atomic E-state index is 9.07. The molecule has 0 spiro atoms. The van der Waals surface area contributed by atoms with E-state index in [1.165, 1.54) is 19.3 Å². The van der Waals surface area contributed by atoms with Crippen LogP contribution in [0.4, 0.5) is 0 Å². The summed E-state index contributed by atoms with van der Waals surface area (Å²) in [6.07, 6.45) is 5.50. The maximum Gasteiger partial charge on any atom is 0.143 e. The third-order valence-corrected chi connectivity index (χ3v) is 3.44. The number of nitrogens with zero attached hydrogens (tertiary/aromatic N) is 3. The predicted molar refractivity (Wildman–Crippen MR) is 62.3 cm³/mol. The van der Waals surface area contributed by atoms with Crippen molar-refractivity contribution >= 4 is 22.6 Å². The second-order valence-electron chi connectivity index (χ2n) is 4.15. The van der Waals surface area contributed by atoms with Crippen LogP contribution in [0, 0.1) is 11.3 Å². The summed E-state index contributed by atoms with van der Waals surface area (Å²) in [6.45, 7) is 0. The van der Waals surface area contributed by atoms with Gasteiger partial charge in [-0.3, -0.25) is 0 Å². The third kappa shape index (κ3) is 1.30. The highest BCUT2D eigenvalue weighted by Crippen LogP contribution is 2.35. The Kier molecular flexibility index (Phi) is 2.12. The zero-order valence-electron chi connectivity index (χ0n) is 8.65. The Labute approximate surface area is 98.3 Å². The highest BCUT2D eigenvalue weighted by molar-refractivity contribution is 6.29. The van der Waals surface area contributed by atoms with Gasteiger partial charge in [-0.25, -0.2) is 4.98 Å². The molecule has 0 amide bonds. The predicted octanol–water partition coefficient (Wildman–Crippen LogP) is 3.29. The van der Waals surface area contributed by atoms with Crippen LogP contribution in [0.25, 0.3) is 11.0 Å². The van der Waals surface area contributed by atoms with Crippen molar-refractivity contribution in [3.8, 4) is 6.07 Å². The van der Waals surface area contributed by atoms with Crippen molar-refractivity contribution in [2.45, 2.75) is 25.3 Å². The fourth-order valence-electron chi connectivity index (χ4n) is 2.13. The summed E-state index contributed by atoms with van der Waals surface area (Å²) >= 11 is 5.90. The van der Waals surface area contributed by atoms with Crippen LogP contribution in [0.2, 0.25) is 5.15 Å². The lowest BCUT2D eigenvalue weighted by molar-refractivity contribution is 0.320. The van der Waals surface area contributed by atoms with Gasteiger partial charge in [0, 0.05) is 17.6 Å². The molecule has 0 atom stereocenters. The maximum absolute atomic E-state index is 9.07. The molecular formula is C12H10ClN3. The third-order valence-electron chi connectivity index (χ3n) is 3.23. The molecule has 1 aliphatic rings. The van der Waals surface area contributed by atoms with Crippen molar-refractivity contribution < 1.29 is 0 Å². The van der Waals surface area contributed by atoms with Crippen molar-refractivity contribution in [1.29, 1.82) is 5.26 Å². The van der Waals surface area contributed by atoms with Crippen LogP contribution in [-0.2, 0) is 0 Å². The summed E-state index contributed by atoms with van der Waals surface area (Å²) in [5.41, 5.74) is 1.53. The van der Waals surface area contributed by atoms with Crippen LogP contribution in [0.15, 0.2) is 18.3 Å². The van der Waals surface area contributed by atoms with Crippen LogP contribution >= 0.6 is 11.6 Å². The minimum Gasteiger partial charge on any atom is -0.328 e. The molecule has 0 aromatic carbocycles. The molecule has 80 valence electrons. The molecule has 3 rings (SSSR count). The number of aromatic nitrogens is 2. The van der Waals surface area contributed by atoms with Crippen molar-refractivity contribution in [2.24, 2.45) is 0 Å². The molecule has 0 N–H and O–H groups in total. The van der Waals surface area contributed by atoms with Gasteiger partial charge < -0.3 is 4.57 Å². The second kappa shape index (κ2) is 3.50. The van der Waals surface area contributed by atoms with E-state index in [1.807, 2.05) is 12.3 Å². The summed E-state index contributed by atoms with van der Waals surface area (Å²) < 4.78 is 2.10. The van der Waals surface area contributed by atoms with E-state index in [-0.39, 0.29) is 0 Å². The molecule has 0 unspecified atom stereocenters. The molecule has 0 aliphatic heterocycles. The van der Waals surface area contributed by atoms with Gasteiger partial charge >= 0.3 is 0 Å². The molecular weight excluding hydrogens is 222 g/mol. The lowest BCUT2D eigenvalue weighted by atomic mass is 9.93. The number of halogens is 1. The van der Waals surface area contributed by atoms with Gasteiger partial charge in [-0.05, 0) is 31.4 Å². The first-order chi connectivity index (χ1) is 7.79. The first-order valence-electron chi connectivity index (χ1n) is 5.37. The van der Waals surface area contributed by atoms with E-state index in [0.29, 0.717) is 16.8 Å². The normalized spacial score (nSPS) is 16.0. The highest BCUT2D eigenvalue weighted by atomic mass is 35.5. The van der Waals surface area contributed by atoms with E-state index in [0.717, 1.165) is 11.0 Å². The average molecular weight is 232 g/mol. The highest BCUT2D eigenvalue weighted by Gasteiger charge is 2.22. The average Bonchev–Trinajstić information content (AvgIpc) is 2.54. The lowest BCUT2D eigenvalue weighted by Crippen LogP contribution is -2.16. The van der Waals surface area contributed by atoms with Crippen LogP contribution in [0.5, 0.6) is 0 Å². The van der Waals surface area contributed by atoms with Crippen molar-refractivity contribution in [1.82, 2.24) is 9.55 Å². The van der Waals surface area contributed by atoms with Gasteiger partial charge in [0.1, 0.15) is 16.9 Å². The molecule has 4 heteroatoms. The Hall–Kier alpha value is -1.53. The summed E-state index contributed by atoms with van der Waals surface area (Å²) in [5, 5.41) is 10.5. The van der Waals surface area contributed by atoms with Gasteiger partial charge in [0.05, 0.1) is 5.56 Å². The molecule has 1 saturated carbocycles. The number of hydrogen-bond acceptors (Lipinski definition) is 2. The van der Waals surface area contributed by atoms with Crippen molar-refractivity contribution in [3.63, 3.8) is 0 Å². The minimum atomic E-state index is 0.482. The van der Waals surface area contributed by atoms with E-state index in [4.69, 9.17) is 16.9 Å². The zero-order chi connectivity index (χ0) is 11.1. The van der Waals surface area contributed by atoms with E-state index in [9.17, 15) is 0 Å². The lowest BCUT2D eigenvalue weighted by Gasteiger charge is -2.27. The van der Waals surface area contributed by atoms with Crippen molar-refractivity contribution in [2.75, 3.05) is 0 Å². The fourth-order valence-corrected chi connectivity index (χ4v) is 2.28. The molecule has 2 heterocycles. The second-order valence-corrected chi connectivity index (χ2v) is 4.54. The number of rotatable bonds is 1. The van der Waals surface area contributed by atoms with Gasteiger partial charge in [-0.1, -0.05) is 11.6 Å². The van der Waals surface area contributed by atoms with Gasteiger partial charge in [0.2, 0.25) is 0 Å². The topological polar surface area (TPSA) is 41.6 Å². The molecule has 0 saturated heterocycles. The Morgan fingerprint density at radius 3 is 2.88 bits per heavy atom. The number of nitriles is 1. The smallest absolute Gasteiger partial charge is 0.143 e. The molecule has 2 aromatic heterocycles. The van der Waals surface area contributed by atoms with Gasteiger partial charge in [-0.2, -0.15) is 5.26 Å². The molecule has 0 bridgehead atoms. The van der Waals surface area contributed by atoms with Crippen LogP contribution < -0.4 is 0 Å². The zero-order valence-corrected chi connectivity index (χ0v) is 9.41. The summed E-state index contributed by atoms with van der Waals surface area (Å²) in [4.78, 5) is 4.32. The summed E-state index contributed by atoms with van der Waals surface area (Å²) in [6, 6.07) is 6.31. The summed E-state index contributed by atoms with van der Waals surface area (Å²) in [7, 11) is 0. The first-order valence-corrected chi connectivity index (χ1v) is 5.74. The Morgan fingerprint density at radius 2 is 2.25 bits per heavy atom. The molecule has 0 radical (unpaired) electrons. The largest absolute Gasteiger partial charge is 0.328 e. The van der Waals surface area contributed by atoms with E-state index < -0.39 is 0 Å². The molecule has 2 aromatic rings. The van der Waals surface area contributed by atoms with Crippen LogP contribution in [-0.4, -0.2) is 9.55 Å². The Morgan fingerprint density at radius 1 is 1.44 bits per heavy atom. The first kappa shape index (κ1) is 9.68. The SMILES string of the molecule is N#Cc1cn(C2CCC2)c2nc(Cl)ccc12. The standard InChI is InChI=1S/C12H10ClN3/c13-11-5-4-10-8(6-14)7-16(12(10)15-11)9-2-1-3-9/h4-5,7,9H,1-3H2. The Bertz CT molecular complexity index is 590. The van der Waals surface area contributed by atoms with Gasteiger partial charge in [-0.15, -0.1) is 0 Å². The Balaban J connectivity index is 2.27. The van der Waals surface area contributed by atoms with E-state index in [1.54, 1.807) is 6.07 Å². The van der Waals surface area contributed by atoms with Gasteiger partial charge in [0.15, 0.2) is 0 Å². The number of hydrogen-bond donors (Lipinski definition) is 0. The number of fused-ring (bicyclic) bond motifs is 1. The van der Waals surface area contributed by atoms with E-state index >= 15 is 0 Å². The van der Waals surface area contributed by atoms with E-state index in [2.05, 4.69) is 15.6 Å². The molecule has 3 nitrogen and oxygen atoms in total. The number of pyridine rings is 1. The van der Waals surface area contributed by atoms with Crippen LogP contribution in [0.3, 0.4) is 0 Å². The van der Waals surface area contributed by atoms with Gasteiger partial charge in [0.25, 0.3) is 0 Å². The van der Waals surface area contributed by atoms with Crippen LogP contribution in [0.1, 0.15) is 30.9 Å². The fraction of sp³-hybridized carbons (Fsp3) is 0.333. The minimum absolute atomic E-state index is 0.482.